The van der Waals surface area contributed by atoms with Gasteiger partial charge in [0.25, 0.3) is 10.0 Å². The molecule has 1 unspecified atom stereocenters. The Kier molecular flexibility index (Phi) is 4.44. The first-order valence-electron chi connectivity index (χ1n) is 8.71. The van der Waals surface area contributed by atoms with Gasteiger partial charge < -0.3 is 15.1 Å². The van der Waals surface area contributed by atoms with E-state index in [1.54, 1.807) is 66.9 Å². The zero-order valence-corrected chi connectivity index (χ0v) is 16.3. The average Bonchev–Trinajstić information content (AvgIpc) is 3.14. The minimum absolute atomic E-state index is 0.272. The van der Waals surface area contributed by atoms with Crippen molar-refractivity contribution in [1.82, 2.24) is 0 Å². The number of fused-ring (bicyclic) bond motifs is 1. The molecule has 1 aliphatic heterocycles. The lowest BCUT2D eigenvalue weighted by Crippen LogP contribution is -2.35. The van der Waals surface area contributed by atoms with Gasteiger partial charge in [-0.15, -0.1) is 0 Å². The molecule has 3 aromatic rings. The SMILES string of the molecule is Cc1ccc(C)c(S(=O)(=O)Nc2ccc(N3C=Nc4occc4C3N)cc2)c1. The van der Waals surface area contributed by atoms with Gasteiger partial charge in [0.1, 0.15) is 12.5 Å². The van der Waals surface area contributed by atoms with Crippen molar-refractivity contribution in [1.29, 1.82) is 0 Å². The second-order valence-corrected chi connectivity index (χ2v) is 8.35. The van der Waals surface area contributed by atoms with Crippen LogP contribution in [0, 0.1) is 13.8 Å². The van der Waals surface area contributed by atoms with E-state index in [9.17, 15) is 8.42 Å². The highest BCUT2D eigenvalue weighted by molar-refractivity contribution is 7.92. The molecule has 0 bridgehead atoms. The summed E-state index contributed by atoms with van der Waals surface area (Å²) in [6, 6.07) is 14.1. The summed E-state index contributed by atoms with van der Waals surface area (Å²) in [5.41, 5.74) is 9.91. The molecule has 0 saturated carbocycles. The van der Waals surface area contributed by atoms with E-state index in [-0.39, 0.29) is 4.90 Å². The summed E-state index contributed by atoms with van der Waals surface area (Å²) in [4.78, 5) is 6.31. The summed E-state index contributed by atoms with van der Waals surface area (Å²) in [5.74, 6) is 0.502. The average molecular weight is 396 g/mol. The molecule has 28 heavy (non-hydrogen) atoms. The summed E-state index contributed by atoms with van der Waals surface area (Å²) < 4.78 is 33.4. The van der Waals surface area contributed by atoms with Gasteiger partial charge in [0.2, 0.25) is 5.88 Å². The second-order valence-electron chi connectivity index (χ2n) is 6.70. The zero-order chi connectivity index (χ0) is 19.9. The Morgan fingerprint density at radius 2 is 1.86 bits per heavy atom. The first-order chi connectivity index (χ1) is 13.3. The van der Waals surface area contributed by atoms with Gasteiger partial charge in [0, 0.05) is 11.4 Å². The lowest BCUT2D eigenvalue weighted by molar-refractivity contribution is 0.567. The highest BCUT2D eigenvalue weighted by Gasteiger charge is 2.24. The van der Waals surface area contributed by atoms with Crippen molar-refractivity contribution in [3.05, 3.63) is 71.5 Å². The Labute approximate surface area is 163 Å². The standard InChI is InChI=1S/C20H20N4O3S/c1-13-3-4-14(2)18(11-13)28(25,26)23-15-5-7-16(8-6-15)24-12-22-20-17(19(24)21)9-10-27-20/h3-12,19,23H,21H2,1-2H3. The van der Waals surface area contributed by atoms with Crippen molar-refractivity contribution < 1.29 is 12.8 Å². The van der Waals surface area contributed by atoms with Crippen LogP contribution in [-0.4, -0.2) is 14.8 Å². The summed E-state index contributed by atoms with van der Waals surface area (Å²) in [6.45, 7) is 3.64. The number of nitrogens with zero attached hydrogens (tertiary/aromatic N) is 2. The number of sulfonamides is 1. The van der Waals surface area contributed by atoms with Crippen LogP contribution in [0.3, 0.4) is 0 Å². The fraction of sp³-hybridized carbons (Fsp3) is 0.150. The molecule has 0 spiro atoms. The third-order valence-corrected chi connectivity index (χ3v) is 6.17. The van der Waals surface area contributed by atoms with Gasteiger partial charge in [-0.25, -0.2) is 13.4 Å². The number of aryl methyl sites for hydroxylation is 2. The van der Waals surface area contributed by atoms with E-state index in [0.29, 0.717) is 17.1 Å². The van der Waals surface area contributed by atoms with Gasteiger partial charge in [0.15, 0.2) is 0 Å². The van der Waals surface area contributed by atoms with Crippen LogP contribution in [0.1, 0.15) is 22.9 Å². The number of hydrogen-bond donors (Lipinski definition) is 2. The van der Waals surface area contributed by atoms with Crippen LogP contribution in [0.2, 0.25) is 0 Å². The maximum Gasteiger partial charge on any atom is 0.262 e. The van der Waals surface area contributed by atoms with Crippen LogP contribution in [0.15, 0.2) is 69.1 Å². The molecule has 0 amide bonds. The van der Waals surface area contributed by atoms with Gasteiger partial charge in [-0.05, 0) is 61.4 Å². The van der Waals surface area contributed by atoms with Gasteiger partial charge in [-0.3, -0.25) is 4.72 Å². The van der Waals surface area contributed by atoms with E-state index in [2.05, 4.69) is 9.71 Å². The molecule has 0 fully saturated rings. The van der Waals surface area contributed by atoms with E-state index in [4.69, 9.17) is 10.2 Å². The summed E-state index contributed by atoms with van der Waals surface area (Å²) in [6.07, 6.45) is 2.73. The number of nitrogens with two attached hydrogens (primary N) is 1. The lowest BCUT2D eigenvalue weighted by atomic mass is 10.2. The van der Waals surface area contributed by atoms with Gasteiger partial charge in [-0.2, -0.15) is 0 Å². The molecule has 4 rings (SSSR count). The maximum atomic E-state index is 12.7. The molecule has 8 heteroatoms. The van der Waals surface area contributed by atoms with E-state index < -0.39 is 16.2 Å². The predicted octanol–water partition coefficient (Wildman–Crippen LogP) is 3.83. The van der Waals surface area contributed by atoms with Crippen LogP contribution in [0.5, 0.6) is 0 Å². The number of anilines is 2. The highest BCUT2D eigenvalue weighted by atomic mass is 32.2. The number of rotatable bonds is 4. The van der Waals surface area contributed by atoms with Gasteiger partial charge in [-0.1, -0.05) is 12.1 Å². The Morgan fingerprint density at radius 3 is 2.61 bits per heavy atom. The van der Waals surface area contributed by atoms with Crippen LogP contribution in [0.25, 0.3) is 0 Å². The van der Waals surface area contributed by atoms with Crippen molar-refractivity contribution in [3.8, 4) is 0 Å². The molecule has 1 aromatic heterocycles. The van der Waals surface area contributed by atoms with Crippen LogP contribution < -0.4 is 15.4 Å². The Hall–Kier alpha value is -3.10. The third kappa shape index (κ3) is 3.28. The first kappa shape index (κ1) is 18.3. The number of hydrogen-bond acceptors (Lipinski definition) is 6. The number of aliphatic imine (C=N–C) groups is 1. The minimum atomic E-state index is -3.67. The molecule has 144 valence electrons. The van der Waals surface area contributed by atoms with Gasteiger partial charge >= 0.3 is 0 Å². The topological polar surface area (TPSA) is 101 Å². The minimum Gasteiger partial charge on any atom is -0.446 e. The highest BCUT2D eigenvalue weighted by Crippen LogP contribution is 2.34. The molecular formula is C20H20N4O3S. The smallest absolute Gasteiger partial charge is 0.262 e. The lowest BCUT2D eigenvalue weighted by Gasteiger charge is -2.29. The predicted molar refractivity (Wildman–Crippen MR) is 109 cm³/mol. The van der Waals surface area contributed by atoms with Crippen LogP contribution in [0.4, 0.5) is 17.3 Å². The van der Waals surface area contributed by atoms with Crippen molar-refractivity contribution in [2.24, 2.45) is 10.7 Å². The second kappa shape index (κ2) is 6.81. The van der Waals surface area contributed by atoms with Crippen molar-refractivity contribution in [2.45, 2.75) is 24.9 Å². The van der Waals surface area contributed by atoms with E-state index in [1.165, 1.54) is 0 Å². The largest absolute Gasteiger partial charge is 0.446 e. The van der Waals surface area contributed by atoms with E-state index in [0.717, 1.165) is 16.8 Å². The summed E-state index contributed by atoms with van der Waals surface area (Å²) in [7, 11) is -3.67. The quantitative estimate of drug-likeness (QED) is 0.698. The van der Waals surface area contributed by atoms with Crippen molar-refractivity contribution in [2.75, 3.05) is 9.62 Å². The molecule has 1 atom stereocenters. The molecule has 0 saturated heterocycles. The van der Waals surface area contributed by atoms with E-state index >= 15 is 0 Å². The summed E-state index contributed by atoms with van der Waals surface area (Å²) in [5, 5.41) is 0. The van der Waals surface area contributed by atoms with E-state index in [1.807, 2.05) is 13.0 Å². The first-order valence-corrected chi connectivity index (χ1v) is 10.2. The van der Waals surface area contributed by atoms with Crippen LogP contribution in [-0.2, 0) is 10.0 Å². The molecule has 0 aliphatic carbocycles. The number of furan rings is 1. The molecule has 7 nitrogen and oxygen atoms in total. The number of nitrogens with one attached hydrogen (secondary N) is 1. The zero-order valence-electron chi connectivity index (χ0n) is 15.5. The molecule has 1 aliphatic rings. The third-order valence-electron chi connectivity index (χ3n) is 4.64. The maximum absolute atomic E-state index is 12.7. The van der Waals surface area contributed by atoms with Crippen molar-refractivity contribution >= 4 is 33.6 Å². The van der Waals surface area contributed by atoms with Gasteiger partial charge in [0.05, 0.1) is 16.7 Å². The number of benzene rings is 2. The normalized spacial score (nSPS) is 16.1. The monoisotopic (exact) mass is 396 g/mol. The summed E-state index contributed by atoms with van der Waals surface area (Å²) >= 11 is 0. The fourth-order valence-electron chi connectivity index (χ4n) is 3.11. The molecular weight excluding hydrogens is 376 g/mol. The Morgan fingerprint density at radius 1 is 1.11 bits per heavy atom. The molecule has 3 N–H and O–H groups in total. The fourth-order valence-corrected chi connectivity index (χ4v) is 4.50. The van der Waals surface area contributed by atoms with Crippen molar-refractivity contribution in [3.63, 3.8) is 0 Å². The molecule has 0 radical (unpaired) electrons. The molecule has 2 aromatic carbocycles. The Bertz CT molecular complexity index is 1150. The molecule has 2 heterocycles. The Balaban J connectivity index is 1.56. The van der Waals surface area contributed by atoms with Crippen LogP contribution >= 0.6 is 0 Å².